The Morgan fingerprint density at radius 1 is 0.852 bits per heavy atom. The molecule has 134 valence electrons. The predicted octanol–water partition coefficient (Wildman–Crippen LogP) is 7.49. The summed E-state index contributed by atoms with van der Waals surface area (Å²) in [6.07, 6.45) is 0. The monoisotopic (exact) mass is 390 g/mol. The normalized spacial score (nSPS) is 10.8. The second-order valence-electron chi connectivity index (χ2n) is 6.51. The molecule has 27 heavy (non-hydrogen) atoms. The van der Waals surface area contributed by atoms with E-state index in [1.807, 2.05) is 30.3 Å². The standard InChI is InChI=1S/C23H19ClN2S/c1-15-8-9-16(2)20(14-15)25-23-26-21(17-10-12-19(24)13-11-17)22(27-23)18-6-4-3-5-7-18/h3-14H,1-2H3,(H,25,26). The van der Waals surface area contributed by atoms with E-state index in [2.05, 4.69) is 61.6 Å². The van der Waals surface area contributed by atoms with Crippen LogP contribution in [-0.4, -0.2) is 4.98 Å². The molecule has 3 aromatic carbocycles. The molecule has 0 aliphatic carbocycles. The van der Waals surface area contributed by atoms with E-state index in [-0.39, 0.29) is 0 Å². The van der Waals surface area contributed by atoms with Crippen LogP contribution in [0.4, 0.5) is 10.8 Å². The number of halogens is 1. The second kappa shape index (κ2) is 7.55. The smallest absolute Gasteiger partial charge is 0.188 e. The summed E-state index contributed by atoms with van der Waals surface area (Å²) in [5.41, 5.74) is 6.70. The number of hydrogen-bond donors (Lipinski definition) is 1. The number of nitrogens with zero attached hydrogens (tertiary/aromatic N) is 1. The van der Waals surface area contributed by atoms with E-state index >= 15 is 0 Å². The molecule has 0 bridgehead atoms. The van der Waals surface area contributed by atoms with Crippen molar-refractivity contribution in [2.75, 3.05) is 5.32 Å². The molecule has 4 aromatic rings. The van der Waals surface area contributed by atoms with E-state index in [0.717, 1.165) is 37.5 Å². The largest absolute Gasteiger partial charge is 0.331 e. The van der Waals surface area contributed by atoms with Crippen LogP contribution >= 0.6 is 22.9 Å². The summed E-state index contributed by atoms with van der Waals surface area (Å²) < 4.78 is 0. The van der Waals surface area contributed by atoms with E-state index in [9.17, 15) is 0 Å². The summed E-state index contributed by atoms with van der Waals surface area (Å²) in [4.78, 5) is 6.06. The first-order valence-electron chi connectivity index (χ1n) is 8.76. The van der Waals surface area contributed by atoms with Gasteiger partial charge in [-0.3, -0.25) is 0 Å². The zero-order valence-corrected chi connectivity index (χ0v) is 16.7. The highest BCUT2D eigenvalue weighted by atomic mass is 35.5. The Morgan fingerprint density at radius 2 is 1.59 bits per heavy atom. The lowest BCUT2D eigenvalue weighted by atomic mass is 10.1. The average molecular weight is 391 g/mol. The molecule has 0 fully saturated rings. The van der Waals surface area contributed by atoms with Crippen LogP contribution in [0.1, 0.15) is 11.1 Å². The van der Waals surface area contributed by atoms with Gasteiger partial charge in [-0.2, -0.15) is 0 Å². The highest BCUT2D eigenvalue weighted by Gasteiger charge is 2.15. The number of nitrogens with one attached hydrogen (secondary N) is 1. The van der Waals surface area contributed by atoms with Crippen molar-refractivity contribution in [2.24, 2.45) is 0 Å². The molecule has 0 amide bonds. The van der Waals surface area contributed by atoms with Gasteiger partial charge in [0.15, 0.2) is 5.13 Å². The van der Waals surface area contributed by atoms with Crippen LogP contribution in [0.2, 0.25) is 5.02 Å². The Labute approximate surface area is 168 Å². The van der Waals surface area contributed by atoms with Crippen molar-refractivity contribution < 1.29 is 0 Å². The molecule has 0 radical (unpaired) electrons. The van der Waals surface area contributed by atoms with Gasteiger partial charge in [-0.25, -0.2) is 4.98 Å². The average Bonchev–Trinajstić information content (AvgIpc) is 3.10. The minimum Gasteiger partial charge on any atom is -0.331 e. The first-order valence-corrected chi connectivity index (χ1v) is 9.96. The molecule has 0 aliphatic heterocycles. The zero-order valence-electron chi connectivity index (χ0n) is 15.2. The summed E-state index contributed by atoms with van der Waals surface area (Å²) >= 11 is 7.74. The summed E-state index contributed by atoms with van der Waals surface area (Å²) in [6, 6.07) is 24.6. The highest BCUT2D eigenvalue weighted by Crippen LogP contribution is 2.40. The van der Waals surface area contributed by atoms with Crippen molar-refractivity contribution in [3.63, 3.8) is 0 Å². The van der Waals surface area contributed by atoms with Gasteiger partial charge in [0.05, 0.1) is 10.6 Å². The number of anilines is 2. The number of rotatable bonds is 4. The lowest BCUT2D eigenvalue weighted by Gasteiger charge is -2.07. The number of aryl methyl sites for hydroxylation is 2. The van der Waals surface area contributed by atoms with Gasteiger partial charge in [0.1, 0.15) is 0 Å². The molecule has 4 heteroatoms. The fourth-order valence-corrected chi connectivity index (χ4v) is 4.08. The van der Waals surface area contributed by atoms with Crippen LogP contribution < -0.4 is 5.32 Å². The van der Waals surface area contributed by atoms with Crippen molar-refractivity contribution in [3.8, 4) is 21.7 Å². The second-order valence-corrected chi connectivity index (χ2v) is 7.95. The number of aromatic nitrogens is 1. The Hall–Kier alpha value is -2.62. The number of hydrogen-bond acceptors (Lipinski definition) is 3. The Kier molecular flexibility index (Phi) is 4.97. The van der Waals surface area contributed by atoms with Crippen molar-refractivity contribution in [1.82, 2.24) is 4.98 Å². The van der Waals surface area contributed by atoms with E-state index < -0.39 is 0 Å². The fourth-order valence-electron chi connectivity index (χ4n) is 2.95. The maximum Gasteiger partial charge on any atom is 0.188 e. The van der Waals surface area contributed by atoms with Gasteiger partial charge in [0.25, 0.3) is 0 Å². The Balaban J connectivity index is 1.80. The van der Waals surface area contributed by atoms with Crippen molar-refractivity contribution in [1.29, 1.82) is 0 Å². The van der Waals surface area contributed by atoms with Crippen LogP contribution in [0.3, 0.4) is 0 Å². The molecule has 0 aliphatic rings. The SMILES string of the molecule is Cc1ccc(C)c(Nc2nc(-c3ccc(Cl)cc3)c(-c3ccccc3)s2)c1. The molecule has 4 rings (SSSR count). The van der Waals surface area contributed by atoms with Crippen LogP contribution in [0.25, 0.3) is 21.7 Å². The van der Waals surface area contributed by atoms with Crippen LogP contribution in [-0.2, 0) is 0 Å². The Bertz CT molecular complexity index is 1070. The molecule has 1 aromatic heterocycles. The molecule has 0 unspecified atom stereocenters. The lowest BCUT2D eigenvalue weighted by molar-refractivity contribution is 1.34. The van der Waals surface area contributed by atoms with Gasteiger partial charge in [0.2, 0.25) is 0 Å². The van der Waals surface area contributed by atoms with Crippen LogP contribution in [0.15, 0.2) is 72.8 Å². The molecule has 0 saturated carbocycles. The van der Waals surface area contributed by atoms with Gasteiger partial charge in [0, 0.05) is 16.3 Å². The fraction of sp³-hybridized carbons (Fsp3) is 0.0870. The van der Waals surface area contributed by atoms with Gasteiger partial charge >= 0.3 is 0 Å². The zero-order chi connectivity index (χ0) is 18.8. The maximum absolute atomic E-state index is 6.07. The van der Waals surface area contributed by atoms with Gasteiger partial charge in [-0.15, -0.1) is 0 Å². The lowest BCUT2D eigenvalue weighted by Crippen LogP contribution is -1.93. The molecule has 2 nitrogen and oxygen atoms in total. The van der Waals surface area contributed by atoms with Gasteiger partial charge < -0.3 is 5.32 Å². The topological polar surface area (TPSA) is 24.9 Å². The molecule has 0 spiro atoms. The third kappa shape index (κ3) is 3.90. The van der Waals surface area contributed by atoms with E-state index in [4.69, 9.17) is 16.6 Å². The maximum atomic E-state index is 6.07. The van der Waals surface area contributed by atoms with Crippen LogP contribution in [0, 0.1) is 13.8 Å². The number of thiazole rings is 1. The molecule has 0 saturated heterocycles. The van der Waals surface area contributed by atoms with Crippen molar-refractivity contribution in [2.45, 2.75) is 13.8 Å². The molecular weight excluding hydrogens is 372 g/mol. The molecule has 1 N–H and O–H groups in total. The summed E-state index contributed by atoms with van der Waals surface area (Å²) in [5.74, 6) is 0. The summed E-state index contributed by atoms with van der Waals surface area (Å²) in [6.45, 7) is 4.20. The predicted molar refractivity (Wildman–Crippen MR) is 117 cm³/mol. The van der Waals surface area contributed by atoms with E-state index in [1.54, 1.807) is 11.3 Å². The summed E-state index contributed by atoms with van der Waals surface area (Å²) in [5, 5.41) is 5.11. The molecule has 1 heterocycles. The number of benzene rings is 3. The third-order valence-corrected chi connectivity index (χ3v) is 5.69. The minimum atomic E-state index is 0.726. The van der Waals surface area contributed by atoms with E-state index in [1.165, 1.54) is 11.1 Å². The third-order valence-electron chi connectivity index (χ3n) is 4.42. The van der Waals surface area contributed by atoms with Crippen LogP contribution in [0.5, 0.6) is 0 Å². The Morgan fingerprint density at radius 3 is 2.33 bits per heavy atom. The van der Waals surface area contributed by atoms with Crippen molar-refractivity contribution >= 4 is 33.8 Å². The van der Waals surface area contributed by atoms with E-state index in [0.29, 0.717) is 0 Å². The quantitative estimate of drug-likeness (QED) is 0.390. The first-order chi connectivity index (χ1) is 13.1. The molecular formula is C23H19ClN2S. The highest BCUT2D eigenvalue weighted by molar-refractivity contribution is 7.19. The van der Waals surface area contributed by atoms with Crippen molar-refractivity contribution in [3.05, 3.63) is 88.9 Å². The first kappa shape index (κ1) is 17.8. The van der Waals surface area contributed by atoms with Gasteiger partial charge in [-0.1, -0.05) is 77.5 Å². The van der Waals surface area contributed by atoms with Gasteiger partial charge in [-0.05, 0) is 48.7 Å². The molecule has 0 atom stereocenters. The minimum absolute atomic E-state index is 0.726. The summed E-state index contributed by atoms with van der Waals surface area (Å²) in [7, 11) is 0.